The van der Waals surface area contributed by atoms with E-state index in [9.17, 15) is 4.79 Å². The highest BCUT2D eigenvalue weighted by molar-refractivity contribution is 6.28. The predicted molar refractivity (Wildman–Crippen MR) is 58.8 cm³/mol. The van der Waals surface area contributed by atoms with E-state index in [1.807, 2.05) is 37.3 Å². The highest BCUT2D eigenvalue weighted by Gasteiger charge is 2.27. The number of carbonyl (C=O) groups is 1. The Bertz CT molecular complexity index is 449. The third kappa shape index (κ3) is 1.95. The molecule has 0 saturated carbocycles. The topological polar surface area (TPSA) is 47.9 Å². The lowest BCUT2D eigenvalue weighted by molar-refractivity contribution is -0.137. The van der Waals surface area contributed by atoms with Gasteiger partial charge in [-0.25, -0.2) is 4.79 Å². The van der Waals surface area contributed by atoms with Crippen molar-refractivity contribution in [3.63, 3.8) is 0 Å². The van der Waals surface area contributed by atoms with E-state index in [0.29, 0.717) is 17.9 Å². The van der Waals surface area contributed by atoms with Crippen molar-refractivity contribution >= 4 is 11.7 Å². The van der Waals surface area contributed by atoms with Crippen LogP contribution in [0.4, 0.5) is 0 Å². The van der Waals surface area contributed by atoms with Gasteiger partial charge in [-0.2, -0.15) is 0 Å². The summed E-state index contributed by atoms with van der Waals surface area (Å²) >= 11 is 0. The number of ether oxygens (including phenoxy) is 1. The fourth-order valence-electron chi connectivity index (χ4n) is 1.36. The van der Waals surface area contributed by atoms with Crippen LogP contribution in [-0.2, 0) is 14.4 Å². The minimum absolute atomic E-state index is 0.355. The Labute approximate surface area is 93.2 Å². The van der Waals surface area contributed by atoms with Gasteiger partial charge < -0.3 is 9.57 Å². The van der Waals surface area contributed by atoms with Crippen molar-refractivity contribution in [1.82, 2.24) is 0 Å². The van der Waals surface area contributed by atoms with Crippen molar-refractivity contribution in [3.8, 4) is 0 Å². The van der Waals surface area contributed by atoms with Crippen LogP contribution in [0.2, 0.25) is 0 Å². The zero-order chi connectivity index (χ0) is 11.4. The zero-order valence-electron chi connectivity index (χ0n) is 8.84. The number of rotatable bonds is 3. The SMILES string of the molecule is CCOC=C1C(=O)ON=C1c1ccccc1. The molecule has 1 aliphatic rings. The fraction of sp³-hybridized carbons (Fsp3) is 0.167. The molecule has 0 radical (unpaired) electrons. The Kier molecular flexibility index (Phi) is 3.00. The number of hydrogen-bond donors (Lipinski definition) is 0. The summed E-state index contributed by atoms with van der Waals surface area (Å²) in [5.74, 6) is -0.479. The summed E-state index contributed by atoms with van der Waals surface area (Å²) in [7, 11) is 0. The van der Waals surface area contributed by atoms with Gasteiger partial charge in [-0.1, -0.05) is 35.5 Å². The summed E-state index contributed by atoms with van der Waals surface area (Å²) in [6.07, 6.45) is 1.39. The van der Waals surface area contributed by atoms with Crippen LogP contribution in [0.15, 0.2) is 47.3 Å². The van der Waals surface area contributed by atoms with E-state index in [0.717, 1.165) is 5.56 Å². The smallest absolute Gasteiger partial charge is 0.371 e. The van der Waals surface area contributed by atoms with Gasteiger partial charge in [-0.15, -0.1) is 0 Å². The van der Waals surface area contributed by atoms with Crippen molar-refractivity contribution in [2.45, 2.75) is 6.92 Å². The Balaban J connectivity index is 2.31. The van der Waals surface area contributed by atoms with E-state index in [4.69, 9.17) is 4.74 Å². The average Bonchev–Trinajstić information content (AvgIpc) is 2.69. The molecule has 4 heteroatoms. The molecule has 0 N–H and O–H groups in total. The van der Waals surface area contributed by atoms with E-state index in [-0.39, 0.29) is 0 Å². The third-order valence-corrected chi connectivity index (χ3v) is 2.11. The molecule has 1 aliphatic heterocycles. The minimum Gasteiger partial charge on any atom is -0.500 e. The molecule has 2 rings (SSSR count). The maximum absolute atomic E-state index is 11.4. The molecule has 0 fully saturated rings. The Morgan fingerprint density at radius 1 is 1.38 bits per heavy atom. The van der Waals surface area contributed by atoms with E-state index in [1.54, 1.807) is 0 Å². The molecule has 4 nitrogen and oxygen atoms in total. The van der Waals surface area contributed by atoms with Crippen LogP contribution in [0.3, 0.4) is 0 Å². The summed E-state index contributed by atoms with van der Waals surface area (Å²) in [5, 5.41) is 3.74. The van der Waals surface area contributed by atoms with Gasteiger partial charge >= 0.3 is 5.97 Å². The third-order valence-electron chi connectivity index (χ3n) is 2.11. The van der Waals surface area contributed by atoms with Crippen molar-refractivity contribution in [2.75, 3.05) is 6.61 Å². The van der Waals surface area contributed by atoms with Crippen molar-refractivity contribution in [3.05, 3.63) is 47.7 Å². The standard InChI is InChI=1S/C12H11NO3/c1-2-15-8-10-11(13-16-12(10)14)9-6-4-3-5-7-9/h3-8H,2H2,1H3. The van der Waals surface area contributed by atoms with Crippen LogP contribution in [0.5, 0.6) is 0 Å². The van der Waals surface area contributed by atoms with Crippen molar-refractivity contribution in [2.24, 2.45) is 5.16 Å². The number of oxime groups is 1. The molecule has 0 bridgehead atoms. The fourth-order valence-corrected chi connectivity index (χ4v) is 1.36. The first-order chi connectivity index (χ1) is 7.83. The zero-order valence-corrected chi connectivity index (χ0v) is 8.84. The van der Waals surface area contributed by atoms with Gasteiger partial charge in [0, 0.05) is 5.56 Å². The van der Waals surface area contributed by atoms with Crippen LogP contribution in [-0.4, -0.2) is 18.3 Å². The summed E-state index contributed by atoms with van der Waals surface area (Å²) < 4.78 is 5.10. The van der Waals surface area contributed by atoms with Crippen LogP contribution in [0.25, 0.3) is 0 Å². The molecule has 0 saturated heterocycles. The molecule has 0 aliphatic carbocycles. The van der Waals surface area contributed by atoms with Gasteiger partial charge in [-0.05, 0) is 6.92 Å². The number of carbonyl (C=O) groups excluding carboxylic acids is 1. The number of nitrogens with zero attached hydrogens (tertiary/aromatic N) is 1. The molecule has 0 unspecified atom stereocenters. The van der Waals surface area contributed by atoms with Gasteiger partial charge in [0.15, 0.2) is 0 Å². The molecule has 0 amide bonds. The second-order valence-corrected chi connectivity index (χ2v) is 3.17. The molecule has 1 aromatic carbocycles. The monoisotopic (exact) mass is 217 g/mol. The summed E-state index contributed by atoms with van der Waals surface area (Å²) in [6.45, 7) is 2.34. The van der Waals surface area contributed by atoms with E-state index in [2.05, 4.69) is 9.99 Å². The quantitative estimate of drug-likeness (QED) is 0.441. The predicted octanol–water partition coefficient (Wildman–Crippen LogP) is 1.87. The lowest BCUT2D eigenvalue weighted by Gasteiger charge is -1.99. The second-order valence-electron chi connectivity index (χ2n) is 3.17. The highest BCUT2D eigenvalue weighted by atomic mass is 16.7. The van der Waals surface area contributed by atoms with E-state index >= 15 is 0 Å². The first-order valence-corrected chi connectivity index (χ1v) is 5.00. The van der Waals surface area contributed by atoms with Crippen LogP contribution in [0.1, 0.15) is 12.5 Å². The molecule has 0 aromatic heterocycles. The Morgan fingerprint density at radius 2 is 2.12 bits per heavy atom. The maximum Gasteiger partial charge on any atom is 0.371 e. The summed E-state index contributed by atoms with van der Waals surface area (Å²) in [4.78, 5) is 16.0. The van der Waals surface area contributed by atoms with Gasteiger partial charge in [0.1, 0.15) is 11.3 Å². The highest BCUT2D eigenvalue weighted by Crippen LogP contribution is 2.17. The molecule has 0 spiro atoms. The van der Waals surface area contributed by atoms with Crippen LogP contribution in [0, 0.1) is 0 Å². The van der Waals surface area contributed by atoms with E-state index < -0.39 is 5.97 Å². The number of hydrogen-bond acceptors (Lipinski definition) is 4. The molecule has 16 heavy (non-hydrogen) atoms. The first-order valence-electron chi connectivity index (χ1n) is 5.00. The van der Waals surface area contributed by atoms with Crippen molar-refractivity contribution in [1.29, 1.82) is 0 Å². The maximum atomic E-state index is 11.4. The van der Waals surface area contributed by atoms with Crippen LogP contribution >= 0.6 is 0 Å². The first kappa shape index (κ1) is 10.4. The normalized spacial score (nSPS) is 17.2. The lowest BCUT2D eigenvalue weighted by atomic mass is 10.0. The minimum atomic E-state index is -0.479. The summed E-state index contributed by atoms with van der Waals surface area (Å²) in [6, 6.07) is 9.37. The molecule has 82 valence electrons. The van der Waals surface area contributed by atoms with E-state index in [1.165, 1.54) is 6.26 Å². The van der Waals surface area contributed by atoms with Crippen molar-refractivity contribution < 1.29 is 14.4 Å². The number of benzene rings is 1. The van der Waals surface area contributed by atoms with Gasteiger partial charge in [-0.3, -0.25) is 0 Å². The average molecular weight is 217 g/mol. The molecular weight excluding hydrogens is 206 g/mol. The molecule has 1 heterocycles. The molecule has 0 atom stereocenters. The molecular formula is C12H11NO3. The van der Waals surface area contributed by atoms with Gasteiger partial charge in [0.25, 0.3) is 0 Å². The Hall–Kier alpha value is -2.10. The Morgan fingerprint density at radius 3 is 2.81 bits per heavy atom. The lowest BCUT2D eigenvalue weighted by Crippen LogP contribution is -2.07. The van der Waals surface area contributed by atoms with Gasteiger partial charge in [0.2, 0.25) is 0 Å². The second kappa shape index (κ2) is 4.61. The largest absolute Gasteiger partial charge is 0.500 e. The van der Waals surface area contributed by atoms with Crippen LogP contribution < -0.4 is 0 Å². The summed E-state index contributed by atoms with van der Waals surface area (Å²) in [5.41, 5.74) is 1.70. The molecule has 1 aromatic rings. The van der Waals surface area contributed by atoms with Gasteiger partial charge in [0.05, 0.1) is 12.9 Å².